The van der Waals surface area contributed by atoms with Gasteiger partial charge in [-0.1, -0.05) is 17.3 Å². The maximum Gasteiger partial charge on any atom is 0.326 e. The number of carboxylic acid groups (broad SMARTS) is 4. The number of carbonyl (C=O) groups is 7. The lowest BCUT2D eigenvalue weighted by molar-refractivity contribution is -0.144. The van der Waals surface area contributed by atoms with Crippen LogP contribution in [0.2, 0.25) is 0 Å². The molecule has 0 aliphatic carbocycles. The van der Waals surface area contributed by atoms with Crippen LogP contribution in [0.1, 0.15) is 53.9 Å². The van der Waals surface area contributed by atoms with E-state index in [-0.39, 0.29) is 23.4 Å². The number of aromatic hydroxyl groups is 1. The Kier molecular flexibility index (Phi) is 14.2. The number of nitrogen functional groups attached to an aromatic ring is 1. The maximum atomic E-state index is 12.9. The highest BCUT2D eigenvalue weighted by molar-refractivity contribution is 7.17. The Balaban J connectivity index is 1.55. The number of fused-ring (bicyclic) bond motifs is 1. The van der Waals surface area contributed by atoms with E-state index < -0.39 is 98.2 Å². The third-order valence-electron chi connectivity index (χ3n) is 7.38. The van der Waals surface area contributed by atoms with Crippen LogP contribution in [0.5, 0.6) is 5.88 Å². The van der Waals surface area contributed by atoms with Gasteiger partial charge in [0.15, 0.2) is 5.01 Å². The molecule has 11 N–H and O–H groups in total. The molecule has 0 aliphatic heterocycles. The molecule has 0 saturated carbocycles. The molecule has 21 nitrogen and oxygen atoms in total. The number of nitrogens with zero attached hydrogens (tertiary/aromatic N) is 4. The van der Waals surface area contributed by atoms with Crippen LogP contribution in [-0.4, -0.2) is 118 Å². The van der Waals surface area contributed by atoms with E-state index in [0.29, 0.717) is 34.6 Å². The molecular weight excluding hydrogens is 710 g/mol. The molecule has 22 heteroatoms. The van der Waals surface area contributed by atoms with E-state index in [1.54, 1.807) is 11.1 Å². The van der Waals surface area contributed by atoms with E-state index in [1.807, 2.05) is 0 Å². The normalized spacial score (nSPS) is 12.5. The Bertz CT molecular complexity index is 1870. The molecule has 3 heterocycles. The summed E-state index contributed by atoms with van der Waals surface area (Å²) in [5.41, 5.74) is 6.59. The highest BCUT2D eigenvalue weighted by Crippen LogP contribution is 2.28. The Labute approximate surface area is 297 Å². The first-order chi connectivity index (χ1) is 24.6. The summed E-state index contributed by atoms with van der Waals surface area (Å²) in [4.78, 5) is 99.7. The Morgan fingerprint density at radius 3 is 1.98 bits per heavy atom. The summed E-state index contributed by atoms with van der Waals surface area (Å²) in [5.74, 6) is -6.32. The summed E-state index contributed by atoms with van der Waals surface area (Å²) in [6, 6.07) is -4.70. The number of nitrogens with two attached hydrogens (primary N) is 1. The minimum atomic E-state index is -1.60. The Morgan fingerprint density at radius 2 is 1.44 bits per heavy atom. The average Bonchev–Trinajstić information content (AvgIpc) is 3.72. The number of anilines is 2. The second-order valence-electron chi connectivity index (χ2n) is 11.1. The zero-order chi connectivity index (χ0) is 38.5. The predicted octanol–water partition coefficient (Wildman–Crippen LogP) is -0.868. The van der Waals surface area contributed by atoms with Gasteiger partial charge in [-0.3, -0.25) is 19.2 Å². The molecule has 3 aromatic heterocycles. The van der Waals surface area contributed by atoms with Gasteiger partial charge in [0.05, 0.1) is 18.1 Å². The van der Waals surface area contributed by atoms with Gasteiger partial charge in [0, 0.05) is 32.0 Å². The monoisotopic (exact) mass is 745 g/mol. The van der Waals surface area contributed by atoms with Crippen LogP contribution in [-0.2, 0) is 35.2 Å². The second kappa shape index (κ2) is 18.5. The fraction of sp³-hybridized carbons (Fsp3) is 0.400. The van der Waals surface area contributed by atoms with Crippen molar-refractivity contribution < 1.29 is 59.1 Å². The zero-order valence-corrected chi connectivity index (χ0v) is 28.0. The molecule has 0 saturated heterocycles. The summed E-state index contributed by atoms with van der Waals surface area (Å²) in [6.45, 7) is 0.431. The van der Waals surface area contributed by atoms with Gasteiger partial charge in [-0.15, -0.1) is 6.42 Å². The van der Waals surface area contributed by atoms with Crippen molar-refractivity contribution >= 4 is 74.9 Å². The van der Waals surface area contributed by atoms with E-state index in [0.717, 1.165) is 11.3 Å². The van der Waals surface area contributed by atoms with Gasteiger partial charge in [-0.05, 0) is 31.2 Å². The summed E-state index contributed by atoms with van der Waals surface area (Å²) in [5, 5.41) is 54.6. The number of aliphatic carboxylic acids is 4. The molecule has 3 aromatic rings. The zero-order valence-electron chi connectivity index (χ0n) is 27.2. The van der Waals surface area contributed by atoms with Crippen LogP contribution in [0, 0.1) is 12.3 Å². The van der Waals surface area contributed by atoms with Crippen LogP contribution in [0.15, 0.2) is 12.4 Å². The van der Waals surface area contributed by atoms with E-state index in [2.05, 4.69) is 41.8 Å². The SMILES string of the molecule is C#CCN(CCc1c[nH]c2nc(N)nc(O)c12)c1cnc(C(=O)N[C@@H](CCC(=O)N[C@@H](CCC(=O)N[C@@H](CCC(=O)O)C(=O)O)C(=O)O)C(=O)O)s1. The minimum absolute atomic E-state index is 0.106. The molecule has 0 bridgehead atoms. The van der Waals surface area contributed by atoms with Crippen molar-refractivity contribution in [3.63, 3.8) is 0 Å². The van der Waals surface area contributed by atoms with Gasteiger partial charge < -0.3 is 57.1 Å². The fourth-order valence-electron chi connectivity index (χ4n) is 4.78. The van der Waals surface area contributed by atoms with E-state index in [9.17, 15) is 48.9 Å². The standard InChI is InChI=1S/C30H35N9O12S/c1-2-10-39(11-9-14-12-32-23-22(14)24(44)38-30(31)37-23)20-13-33-26(52-20)25(45)36-17(29(50)51)4-7-19(41)34-15(27(46)47)3-6-18(40)35-16(28(48)49)5-8-21(42)43/h1,12-13,15-17H,3-11H2,(H,34,41)(H,35,40)(H,36,45)(H,42,43)(H,46,47)(H,48,49)(H,50,51)(H4,31,32,37,38,44)/t15-,16-,17-/m0/s1. The van der Waals surface area contributed by atoms with Crippen LogP contribution in [0.25, 0.3) is 11.0 Å². The number of nitrogens with one attached hydrogen (secondary N) is 4. The molecule has 0 spiro atoms. The number of terminal acetylenes is 1. The Hall–Kier alpha value is -6.50. The van der Waals surface area contributed by atoms with Gasteiger partial charge in [0.2, 0.25) is 23.6 Å². The number of H-pyrrole nitrogens is 1. The van der Waals surface area contributed by atoms with Crippen molar-refractivity contribution in [2.75, 3.05) is 23.7 Å². The lowest BCUT2D eigenvalue weighted by Gasteiger charge is -2.19. The molecule has 0 fully saturated rings. The number of hydrogen-bond donors (Lipinski definition) is 10. The average molecular weight is 746 g/mol. The molecule has 278 valence electrons. The second-order valence-corrected chi connectivity index (χ2v) is 12.1. The third kappa shape index (κ3) is 11.5. The largest absolute Gasteiger partial charge is 0.493 e. The van der Waals surface area contributed by atoms with Crippen LogP contribution in [0.4, 0.5) is 10.9 Å². The highest BCUT2D eigenvalue weighted by atomic mass is 32.1. The van der Waals surface area contributed by atoms with Crippen LogP contribution < -0.4 is 26.6 Å². The molecule has 3 atom stereocenters. The lowest BCUT2D eigenvalue weighted by Crippen LogP contribution is -2.45. The van der Waals surface area contributed by atoms with E-state index >= 15 is 0 Å². The third-order valence-corrected chi connectivity index (χ3v) is 8.44. The summed E-state index contributed by atoms with van der Waals surface area (Å²) >= 11 is 0.921. The first kappa shape index (κ1) is 39.9. The first-order valence-corrected chi connectivity index (χ1v) is 16.2. The fourth-order valence-corrected chi connectivity index (χ4v) is 5.63. The number of aromatic amines is 1. The summed E-state index contributed by atoms with van der Waals surface area (Å²) in [7, 11) is 0. The molecule has 0 aliphatic rings. The molecular formula is C30H35N9O12S. The quantitative estimate of drug-likeness (QED) is 0.0592. The van der Waals surface area contributed by atoms with Crippen molar-refractivity contribution in [3.8, 4) is 18.2 Å². The number of carbonyl (C=O) groups excluding carboxylic acids is 3. The van der Waals surface area contributed by atoms with Crippen molar-refractivity contribution in [1.82, 2.24) is 35.9 Å². The summed E-state index contributed by atoms with van der Waals surface area (Å²) in [6.07, 6.45) is 5.99. The number of rotatable bonds is 21. The molecule has 3 amide bonds. The van der Waals surface area contributed by atoms with Gasteiger partial charge in [0.25, 0.3) is 5.91 Å². The van der Waals surface area contributed by atoms with E-state index in [4.69, 9.17) is 22.4 Å². The molecule has 52 heavy (non-hydrogen) atoms. The maximum absolute atomic E-state index is 12.9. The smallest absolute Gasteiger partial charge is 0.326 e. The molecule has 0 radical (unpaired) electrons. The number of amides is 3. The number of thiazole rings is 1. The van der Waals surface area contributed by atoms with Gasteiger partial charge >= 0.3 is 23.9 Å². The first-order valence-electron chi connectivity index (χ1n) is 15.4. The Morgan fingerprint density at radius 1 is 0.885 bits per heavy atom. The van der Waals surface area contributed by atoms with Crippen LogP contribution >= 0.6 is 11.3 Å². The number of aromatic nitrogens is 4. The highest BCUT2D eigenvalue weighted by Gasteiger charge is 2.27. The predicted molar refractivity (Wildman–Crippen MR) is 180 cm³/mol. The van der Waals surface area contributed by atoms with Gasteiger partial charge in [-0.2, -0.15) is 9.97 Å². The van der Waals surface area contributed by atoms with Crippen molar-refractivity contribution in [3.05, 3.63) is 23.0 Å². The topological polar surface area (TPSA) is 340 Å². The molecule has 3 rings (SSSR count). The number of hydrogen-bond acceptors (Lipinski definition) is 14. The summed E-state index contributed by atoms with van der Waals surface area (Å²) < 4.78 is 0. The lowest BCUT2D eigenvalue weighted by atomic mass is 10.1. The van der Waals surface area contributed by atoms with Crippen molar-refractivity contribution in [1.29, 1.82) is 0 Å². The van der Waals surface area contributed by atoms with Crippen molar-refractivity contribution in [2.24, 2.45) is 0 Å². The van der Waals surface area contributed by atoms with Gasteiger partial charge in [-0.25, -0.2) is 19.4 Å². The minimum Gasteiger partial charge on any atom is -0.493 e. The van der Waals surface area contributed by atoms with Gasteiger partial charge in [0.1, 0.15) is 28.8 Å². The number of carboxylic acids is 4. The molecule has 0 aromatic carbocycles. The van der Waals surface area contributed by atoms with Crippen molar-refractivity contribution in [2.45, 2.75) is 63.1 Å². The van der Waals surface area contributed by atoms with E-state index in [1.165, 1.54) is 6.20 Å². The molecule has 0 unspecified atom stereocenters. The van der Waals surface area contributed by atoms with Crippen LogP contribution in [0.3, 0.4) is 0 Å².